The van der Waals surface area contributed by atoms with E-state index in [0.717, 1.165) is 0 Å². The van der Waals surface area contributed by atoms with Crippen molar-refractivity contribution in [3.8, 4) is 5.88 Å². The molecular weight excluding hydrogens is 256 g/mol. The third kappa shape index (κ3) is 2.98. The summed E-state index contributed by atoms with van der Waals surface area (Å²) in [6.07, 6.45) is 1.87. The van der Waals surface area contributed by atoms with Gasteiger partial charge in [0.2, 0.25) is 5.88 Å². The summed E-state index contributed by atoms with van der Waals surface area (Å²) in [7, 11) is -1.49. The lowest BCUT2D eigenvalue weighted by Gasteiger charge is -2.10. The first-order valence-electron chi connectivity index (χ1n) is 5.51. The number of rotatable bonds is 3. The summed E-state index contributed by atoms with van der Waals surface area (Å²) in [5, 5.41) is 2.69. The third-order valence-corrected chi connectivity index (χ3v) is 4.54. The molecule has 0 saturated carbocycles. The van der Waals surface area contributed by atoms with E-state index in [2.05, 4.69) is 10.3 Å². The monoisotopic (exact) mass is 270 g/mol. The highest BCUT2D eigenvalue weighted by atomic mass is 32.2. The van der Waals surface area contributed by atoms with Crippen LogP contribution in [0.25, 0.3) is 0 Å². The van der Waals surface area contributed by atoms with Crippen molar-refractivity contribution in [2.45, 2.75) is 12.5 Å². The molecule has 1 aromatic heterocycles. The molecule has 98 valence electrons. The highest BCUT2D eigenvalue weighted by Gasteiger charge is 2.29. The van der Waals surface area contributed by atoms with Gasteiger partial charge in [0.05, 0.1) is 24.2 Å². The smallest absolute Gasteiger partial charge is 0.253 e. The molecule has 1 amide bonds. The Morgan fingerprint density at radius 2 is 2.28 bits per heavy atom. The second kappa shape index (κ2) is 4.93. The largest absolute Gasteiger partial charge is 0.481 e. The molecule has 0 spiro atoms. The molecule has 1 aromatic rings. The van der Waals surface area contributed by atoms with Gasteiger partial charge in [-0.1, -0.05) is 0 Å². The van der Waals surface area contributed by atoms with Gasteiger partial charge in [-0.2, -0.15) is 0 Å². The number of carbonyl (C=O) groups is 1. The Kier molecular flexibility index (Phi) is 3.51. The summed E-state index contributed by atoms with van der Waals surface area (Å²) in [5.74, 6) is 0.267. The van der Waals surface area contributed by atoms with E-state index >= 15 is 0 Å². The molecule has 7 heteroatoms. The summed E-state index contributed by atoms with van der Waals surface area (Å²) in [5.41, 5.74) is 0.389. The zero-order chi connectivity index (χ0) is 13.2. The van der Waals surface area contributed by atoms with E-state index in [1.54, 1.807) is 12.1 Å². The summed E-state index contributed by atoms with van der Waals surface area (Å²) < 4.78 is 27.4. The molecule has 0 aromatic carbocycles. The molecule has 2 rings (SSSR count). The molecule has 1 fully saturated rings. The van der Waals surface area contributed by atoms with E-state index in [1.807, 2.05) is 0 Å². The molecule has 0 bridgehead atoms. The predicted molar refractivity (Wildman–Crippen MR) is 65.3 cm³/mol. The van der Waals surface area contributed by atoms with Crippen molar-refractivity contribution in [1.82, 2.24) is 10.3 Å². The second-order valence-corrected chi connectivity index (χ2v) is 6.39. The van der Waals surface area contributed by atoms with Gasteiger partial charge >= 0.3 is 0 Å². The van der Waals surface area contributed by atoms with Gasteiger partial charge < -0.3 is 10.1 Å². The molecule has 0 radical (unpaired) electrons. The summed E-state index contributed by atoms with van der Waals surface area (Å²) >= 11 is 0. The molecule has 0 unspecified atom stereocenters. The number of nitrogens with zero attached hydrogens (tertiary/aromatic N) is 1. The fraction of sp³-hybridized carbons (Fsp3) is 0.455. The molecular formula is C11H14N2O4S. The second-order valence-electron chi connectivity index (χ2n) is 4.16. The van der Waals surface area contributed by atoms with Gasteiger partial charge in [-0.3, -0.25) is 4.79 Å². The molecule has 18 heavy (non-hydrogen) atoms. The van der Waals surface area contributed by atoms with Gasteiger partial charge in [-0.25, -0.2) is 13.4 Å². The molecule has 1 saturated heterocycles. The molecule has 1 atom stereocenters. The zero-order valence-corrected chi connectivity index (χ0v) is 10.7. The zero-order valence-electron chi connectivity index (χ0n) is 9.92. The fourth-order valence-electron chi connectivity index (χ4n) is 1.81. The van der Waals surface area contributed by atoms with Crippen LogP contribution in [0.4, 0.5) is 0 Å². The lowest BCUT2D eigenvalue weighted by molar-refractivity contribution is 0.0940. The maximum atomic E-state index is 11.8. The van der Waals surface area contributed by atoms with Gasteiger partial charge in [0.1, 0.15) is 0 Å². The number of sulfone groups is 1. The molecule has 1 aliphatic heterocycles. The van der Waals surface area contributed by atoms with Crippen LogP contribution < -0.4 is 10.1 Å². The Hall–Kier alpha value is -1.63. The Balaban J connectivity index is 1.99. The van der Waals surface area contributed by atoms with E-state index in [9.17, 15) is 13.2 Å². The third-order valence-electron chi connectivity index (χ3n) is 2.78. The minimum Gasteiger partial charge on any atom is -0.481 e. The summed E-state index contributed by atoms with van der Waals surface area (Å²) in [6, 6.07) is 2.87. The van der Waals surface area contributed by atoms with E-state index in [-0.39, 0.29) is 23.5 Å². The van der Waals surface area contributed by atoms with E-state index in [0.29, 0.717) is 17.9 Å². The van der Waals surface area contributed by atoms with Gasteiger partial charge in [-0.15, -0.1) is 0 Å². The van der Waals surface area contributed by atoms with Crippen molar-refractivity contribution in [2.24, 2.45) is 0 Å². The van der Waals surface area contributed by atoms with Gasteiger partial charge in [0.15, 0.2) is 9.84 Å². The van der Waals surface area contributed by atoms with Gasteiger partial charge in [0.25, 0.3) is 5.91 Å². The van der Waals surface area contributed by atoms with Crippen LogP contribution in [-0.4, -0.2) is 44.0 Å². The number of ether oxygens (including phenoxy) is 1. The number of carbonyl (C=O) groups excluding carboxylic acids is 1. The van der Waals surface area contributed by atoms with Crippen molar-refractivity contribution >= 4 is 15.7 Å². The topological polar surface area (TPSA) is 85.4 Å². The van der Waals surface area contributed by atoms with Crippen LogP contribution in [0.1, 0.15) is 16.8 Å². The highest BCUT2D eigenvalue weighted by molar-refractivity contribution is 7.91. The van der Waals surface area contributed by atoms with Gasteiger partial charge in [-0.05, 0) is 12.5 Å². The van der Waals surface area contributed by atoms with Crippen molar-refractivity contribution in [2.75, 3.05) is 18.6 Å². The lowest BCUT2D eigenvalue weighted by atomic mass is 10.2. The van der Waals surface area contributed by atoms with Crippen LogP contribution in [0.15, 0.2) is 18.3 Å². The normalized spacial score (nSPS) is 21.5. The fourth-order valence-corrected chi connectivity index (χ4v) is 3.49. The lowest BCUT2D eigenvalue weighted by Crippen LogP contribution is -2.35. The Morgan fingerprint density at radius 1 is 1.50 bits per heavy atom. The van der Waals surface area contributed by atoms with Crippen LogP contribution in [-0.2, 0) is 9.84 Å². The number of amides is 1. The van der Waals surface area contributed by atoms with Crippen molar-refractivity contribution in [1.29, 1.82) is 0 Å². The average Bonchev–Trinajstić information content (AvgIpc) is 2.68. The minimum atomic E-state index is -2.98. The maximum absolute atomic E-state index is 11.8. The number of hydrogen-bond donors (Lipinski definition) is 1. The van der Waals surface area contributed by atoms with Crippen LogP contribution in [0.3, 0.4) is 0 Å². The van der Waals surface area contributed by atoms with Crippen LogP contribution in [0.2, 0.25) is 0 Å². The van der Waals surface area contributed by atoms with Crippen molar-refractivity contribution < 1.29 is 17.9 Å². The molecule has 1 aliphatic rings. The standard InChI is InChI=1S/C11H14N2O4S/c1-17-10-3-2-8(6-12-10)11(14)13-9-4-5-18(15,16)7-9/h2-3,6,9H,4-5,7H2,1H3,(H,13,14)/t9-/m0/s1. The summed E-state index contributed by atoms with van der Waals surface area (Å²) in [6.45, 7) is 0. The van der Waals surface area contributed by atoms with E-state index < -0.39 is 9.84 Å². The summed E-state index contributed by atoms with van der Waals surface area (Å²) in [4.78, 5) is 15.7. The van der Waals surface area contributed by atoms with Gasteiger partial charge in [0, 0.05) is 18.3 Å². The van der Waals surface area contributed by atoms with Crippen LogP contribution in [0, 0.1) is 0 Å². The average molecular weight is 270 g/mol. The van der Waals surface area contributed by atoms with Crippen LogP contribution in [0.5, 0.6) is 5.88 Å². The maximum Gasteiger partial charge on any atom is 0.253 e. The molecule has 0 aliphatic carbocycles. The number of aromatic nitrogens is 1. The molecule has 2 heterocycles. The number of methoxy groups -OCH3 is 1. The Labute approximate surface area is 105 Å². The molecule has 1 N–H and O–H groups in total. The Morgan fingerprint density at radius 3 is 2.78 bits per heavy atom. The number of hydrogen-bond acceptors (Lipinski definition) is 5. The first-order chi connectivity index (χ1) is 8.50. The SMILES string of the molecule is COc1ccc(C(=O)N[C@H]2CCS(=O)(=O)C2)cn1. The highest BCUT2D eigenvalue weighted by Crippen LogP contribution is 2.12. The van der Waals surface area contributed by atoms with E-state index in [4.69, 9.17) is 4.74 Å². The molecule has 6 nitrogen and oxygen atoms in total. The van der Waals surface area contributed by atoms with Crippen molar-refractivity contribution in [3.63, 3.8) is 0 Å². The predicted octanol–water partition coefficient (Wildman–Crippen LogP) is 0.00710. The van der Waals surface area contributed by atoms with E-state index in [1.165, 1.54) is 13.3 Å². The minimum absolute atomic E-state index is 0.0162. The quantitative estimate of drug-likeness (QED) is 0.836. The van der Waals surface area contributed by atoms with Crippen LogP contribution >= 0.6 is 0 Å². The van der Waals surface area contributed by atoms with Crippen molar-refractivity contribution in [3.05, 3.63) is 23.9 Å². The Bertz CT molecular complexity index is 539. The number of nitrogens with one attached hydrogen (secondary N) is 1. The first-order valence-corrected chi connectivity index (χ1v) is 7.33. The first kappa shape index (κ1) is 12.8. The number of pyridine rings is 1.